The lowest BCUT2D eigenvalue weighted by Gasteiger charge is -2.38. The number of carbonyl (C=O) groups excluding carboxylic acids is 2. The van der Waals surface area contributed by atoms with Crippen molar-refractivity contribution in [3.05, 3.63) is 70.8 Å². The van der Waals surface area contributed by atoms with Gasteiger partial charge < -0.3 is 15.1 Å². The number of hydrogen-bond acceptors (Lipinski definition) is 6. The Morgan fingerprint density at radius 2 is 1.06 bits per heavy atom. The molecule has 32 heavy (non-hydrogen) atoms. The number of aliphatic hydroxyl groups is 2. The first-order valence-electron chi connectivity index (χ1n) is 11.0. The summed E-state index contributed by atoms with van der Waals surface area (Å²) in [6, 6.07) is 14.8. The Morgan fingerprint density at radius 3 is 1.38 bits per heavy atom. The molecule has 2 aromatic carbocycles. The van der Waals surface area contributed by atoms with Crippen molar-refractivity contribution in [2.24, 2.45) is 0 Å². The SMILES string of the molecule is CN1CCN(C(c2ccc(C(=O)C(C)(C)O)cc2)c2ccc(C(=O)C(C)(C)O)cc2)CC1. The van der Waals surface area contributed by atoms with E-state index in [4.69, 9.17) is 0 Å². The van der Waals surface area contributed by atoms with Crippen molar-refractivity contribution in [1.29, 1.82) is 0 Å². The fraction of sp³-hybridized carbons (Fsp3) is 0.462. The van der Waals surface area contributed by atoms with Crippen molar-refractivity contribution in [2.45, 2.75) is 44.9 Å². The van der Waals surface area contributed by atoms with Crippen LogP contribution < -0.4 is 0 Å². The van der Waals surface area contributed by atoms with Gasteiger partial charge in [0.1, 0.15) is 11.2 Å². The summed E-state index contributed by atoms with van der Waals surface area (Å²) in [6.45, 7) is 9.69. The van der Waals surface area contributed by atoms with Gasteiger partial charge in [-0.25, -0.2) is 0 Å². The third kappa shape index (κ3) is 5.51. The Morgan fingerprint density at radius 1 is 0.719 bits per heavy atom. The van der Waals surface area contributed by atoms with E-state index in [1.165, 1.54) is 27.7 Å². The summed E-state index contributed by atoms with van der Waals surface area (Å²) in [5.74, 6) is -0.621. The number of piperazine rings is 1. The first kappa shape index (κ1) is 24.3. The quantitative estimate of drug-likeness (QED) is 0.647. The van der Waals surface area contributed by atoms with E-state index < -0.39 is 11.2 Å². The zero-order chi connectivity index (χ0) is 23.7. The van der Waals surface area contributed by atoms with Gasteiger partial charge in [0.2, 0.25) is 0 Å². The van der Waals surface area contributed by atoms with E-state index in [2.05, 4.69) is 16.8 Å². The van der Waals surface area contributed by atoms with E-state index in [0.717, 1.165) is 37.3 Å². The van der Waals surface area contributed by atoms with Gasteiger partial charge in [0.25, 0.3) is 0 Å². The molecule has 3 rings (SSSR count). The first-order chi connectivity index (χ1) is 14.9. The highest BCUT2D eigenvalue weighted by Crippen LogP contribution is 2.31. The van der Waals surface area contributed by atoms with Crippen LogP contribution in [0.1, 0.15) is 65.6 Å². The molecule has 0 bridgehead atoms. The molecule has 0 atom stereocenters. The summed E-state index contributed by atoms with van der Waals surface area (Å²) in [7, 11) is 2.11. The second-order valence-electron chi connectivity index (χ2n) is 9.76. The van der Waals surface area contributed by atoms with Gasteiger partial charge in [-0.15, -0.1) is 0 Å². The van der Waals surface area contributed by atoms with Gasteiger partial charge in [-0.1, -0.05) is 48.5 Å². The highest BCUT2D eigenvalue weighted by molar-refractivity contribution is 6.02. The van der Waals surface area contributed by atoms with Gasteiger partial charge in [0.05, 0.1) is 6.04 Å². The molecule has 0 spiro atoms. The maximum atomic E-state index is 12.4. The molecule has 172 valence electrons. The molecule has 1 aliphatic rings. The van der Waals surface area contributed by atoms with Crippen LogP contribution in [0.3, 0.4) is 0 Å². The molecule has 0 unspecified atom stereocenters. The van der Waals surface area contributed by atoms with Crippen LogP contribution in [0, 0.1) is 0 Å². The average molecular weight is 439 g/mol. The summed E-state index contributed by atoms with van der Waals surface area (Å²) in [4.78, 5) is 29.5. The van der Waals surface area contributed by atoms with Gasteiger partial charge in [0.15, 0.2) is 11.6 Å². The van der Waals surface area contributed by atoms with E-state index in [1.54, 1.807) is 24.3 Å². The normalized spacial score (nSPS) is 16.4. The highest BCUT2D eigenvalue weighted by Gasteiger charge is 2.29. The predicted octanol–water partition coefficient (Wildman–Crippen LogP) is 2.93. The number of ketones is 2. The Bertz CT molecular complexity index is 876. The van der Waals surface area contributed by atoms with E-state index in [-0.39, 0.29) is 17.6 Å². The van der Waals surface area contributed by atoms with E-state index >= 15 is 0 Å². The second-order valence-corrected chi connectivity index (χ2v) is 9.76. The Labute approximate surface area is 190 Å². The van der Waals surface area contributed by atoms with Crippen LogP contribution >= 0.6 is 0 Å². The Balaban J connectivity index is 1.95. The van der Waals surface area contributed by atoms with Crippen LogP contribution in [-0.2, 0) is 0 Å². The molecule has 2 aromatic rings. The van der Waals surface area contributed by atoms with E-state index in [0.29, 0.717) is 11.1 Å². The van der Waals surface area contributed by atoms with Crippen molar-refractivity contribution in [1.82, 2.24) is 9.80 Å². The van der Waals surface area contributed by atoms with Crippen LogP contribution in [0.5, 0.6) is 0 Å². The second kappa shape index (κ2) is 9.24. The fourth-order valence-electron chi connectivity index (χ4n) is 4.03. The smallest absolute Gasteiger partial charge is 0.193 e. The minimum Gasteiger partial charge on any atom is -0.382 e. The first-order valence-corrected chi connectivity index (χ1v) is 11.0. The minimum atomic E-state index is -1.42. The maximum Gasteiger partial charge on any atom is 0.193 e. The summed E-state index contributed by atoms with van der Waals surface area (Å²) >= 11 is 0. The van der Waals surface area contributed by atoms with Gasteiger partial charge >= 0.3 is 0 Å². The highest BCUT2D eigenvalue weighted by atomic mass is 16.3. The van der Waals surface area contributed by atoms with Crippen molar-refractivity contribution >= 4 is 11.6 Å². The molecule has 0 amide bonds. The molecular weight excluding hydrogens is 404 g/mol. The number of carbonyl (C=O) groups is 2. The van der Waals surface area contributed by atoms with Crippen molar-refractivity contribution in [2.75, 3.05) is 33.2 Å². The van der Waals surface area contributed by atoms with Crippen LogP contribution in [0.2, 0.25) is 0 Å². The molecule has 1 heterocycles. The molecule has 2 N–H and O–H groups in total. The van der Waals surface area contributed by atoms with Gasteiger partial charge in [-0.05, 0) is 45.9 Å². The lowest BCUT2D eigenvalue weighted by molar-refractivity contribution is 0.0487. The van der Waals surface area contributed by atoms with Crippen LogP contribution in [-0.4, -0.2) is 76.0 Å². The monoisotopic (exact) mass is 438 g/mol. The topological polar surface area (TPSA) is 81.1 Å². The molecule has 1 saturated heterocycles. The van der Waals surface area contributed by atoms with Crippen molar-refractivity contribution < 1.29 is 19.8 Å². The fourth-order valence-corrected chi connectivity index (χ4v) is 4.03. The maximum absolute atomic E-state index is 12.4. The lowest BCUT2D eigenvalue weighted by atomic mass is 9.90. The Kier molecular flexibility index (Phi) is 7.00. The van der Waals surface area contributed by atoms with E-state index in [1.807, 2.05) is 24.3 Å². The number of benzene rings is 2. The van der Waals surface area contributed by atoms with E-state index in [9.17, 15) is 19.8 Å². The summed E-state index contributed by atoms with van der Waals surface area (Å²) in [6.07, 6.45) is 0. The zero-order valence-corrected chi connectivity index (χ0v) is 19.6. The van der Waals surface area contributed by atoms with Crippen molar-refractivity contribution in [3.63, 3.8) is 0 Å². The van der Waals surface area contributed by atoms with Crippen LogP contribution in [0.15, 0.2) is 48.5 Å². The molecule has 6 heteroatoms. The Hall–Kier alpha value is -2.38. The third-order valence-corrected chi connectivity index (χ3v) is 5.99. The molecule has 0 aromatic heterocycles. The molecule has 0 aliphatic carbocycles. The number of hydrogen-bond donors (Lipinski definition) is 2. The third-order valence-electron chi connectivity index (χ3n) is 5.99. The largest absolute Gasteiger partial charge is 0.382 e. The van der Waals surface area contributed by atoms with Gasteiger partial charge in [0, 0.05) is 37.3 Å². The van der Waals surface area contributed by atoms with Gasteiger partial charge in [-0.2, -0.15) is 0 Å². The van der Waals surface area contributed by atoms with Gasteiger partial charge in [-0.3, -0.25) is 14.5 Å². The van der Waals surface area contributed by atoms with Crippen molar-refractivity contribution in [3.8, 4) is 0 Å². The summed E-state index contributed by atoms with van der Waals surface area (Å²) in [5.41, 5.74) is 0.212. The van der Waals surface area contributed by atoms with Crippen LogP contribution in [0.4, 0.5) is 0 Å². The molecule has 1 aliphatic heterocycles. The molecule has 1 fully saturated rings. The molecular formula is C26H34N2O4. The molecule has 0 radical (unpaired) electrons. The summed E-state index contributed by atoms with van der Waals surface area (Å²) in [5, 5.41) is 20.1. The molecule has 0 saturated carbocycles. The summed E-state index contributed by atoms with van der Waals surface area (Å²) < 4.78 is 0. The molecule has 6 nitrogen and oxygen atoms in total. The predicted molar refractivity (Wildman–Crippen MR) is 125 cm³/mol. The lowest BCUT2D eigenvalue weighted by Crippen LogP contribution is -2.46. The zero-order valence-electron chi connectivity index (χ0n) is 19.6. The number of nitrogens with zero attached hydrogens (tertiary/aromatic N) is 2. The average Bonchev–Trinajstić information content (AvgIpc) is 2.74. The standard InChI is InChI=1S/C26H34N2O4/c1-25(2,31)23(29)20-10-6-18(7-11-20)22(28-16-14-27(5)15-17-28)19-8-12-21(13-9-19)24(30)26(3,4)32/h6-13,22,31-32H,14-17H2,1-5H3. The van der Waals surface area contributed by atoms with Crippen LogP contribution in [0.25, 0.3) is 0 Å². The minimum absolute atomic E-state index is 0.0266. The number of Topliss-reactive ketones (excluding diaryl/α,β-unsaturated/α-hetero) is 2. The number of rotatable bonds is 7. The number of likely N-dealkylation sites (N-methyl/N-ethyl adjacent to an activating group) is 1.